The van der Waals surface area contributed by atoms with Crippen molar-refractivity contribution in [1.29, 1.82) is 0 Å². The topological polar surface area (TPSA) is 116 Å². The van der Waals surface area contributed by atoms with Crippen LogP contribution in [0.3, 0.4) is 0 Å². The molecule has 0 saturated carbocycles. The molecule has 0 bridgehead atoms. The van der Waals surface area contributed by atoms with Crippen LogP contribution in [0.5, 0.6) is 0 Å². The average molecular weight is 344 g/mol. The molecule has 0 radical (unpaired) electrons. The van der Waals surface area contributed by atoms with E-state index in [1.165, 1.54) is 0 Å². The lowest BCUT2D eigenvalue weighted by Crippen LogP contribution is -2.11. The molecule has 120 valence electrons. The molecular weight excluding hydrogens is 325 g/mol. The summed E-state index contributed by atoms with van der Waals surface area (Å²) < 4.78 is 0. The van der Waals surface area contributed by atoms with Crippen LogP contribution in [0.15, 0.2) is 12.1 Å². The van der Waals surface area contributed by atoms with Crippen molar-refractivity contribution >= 4 is 29.0 Å². The van der Waals surface area contributed by atoms with Crippen molar-refractivity contribution in [2.45, 2.75) is 33.2 Å². The summed E-state index contributed by atoms with van der Waals surface area (Å²) in [5.74, 6) is 5.76. The van der Waals surface area contributed by atoms with Crippen molar-refractivity contribution in [3.8, 4) is 0 Å². The van der Waals surface area contributed by atoms with E-state index in [1.807, 2.05) is 19.9 Å². The Bertz CT molecular complexity index is 607. The molecule has 0 unspecified atom stereocenters. The van der Waals surface area contributed by atoms with Gasteiger partial charge in [0.15, 0.2) is 16.1 Å². The van der Waals surface area contributed by atoms with Gasteiger partial charge in [-0.15, -0.1) is 15.3 Å². The Hall–Kier alpha value is -1.54. The molecular formula is C13H19Cl2N7. The van der Waals surface area contributed by atoms with Crippen molar-refractivity contribution in [3.05, 3.63) is 39.3 Å². The molecule has 2 aromatic heterocycles. The van der Waals surface area contributed by atoms with E-state index in [-0.39, 0.29) is 0 Å². The quantitative estimate of drug-likeness (QED) is 0.575. The zero-order valence-corrected chi connectivity index (χ0v) is 14.0. The predicted octanol–water partition coefficient (Wildman–Crippen LogP) is 2.13. The van der Waals surface area contributed by atoms with Crippen LogP contribution in [0.1, 0.15) is 30.7 Å². The molecule has 0 amide bonds. The maximum absolute atomic E-state index is 5.74. The summed E-state index contributed by atoms with van der Waals surface area (Å²) in [6, 6.07) is 3.62. The van der Waals surface area contributed by atoms with Gasteiger partial charge in [0.05, 0.1) is 5.69 Å². The van der Waals surface area contributed by atoms with Crippen LogP contribution in [-0.2, 0) is 19.4 Å². The number of nitrogen functional groups attached to an aromatic ring is 1. The highest BCUT2D eigenvalue weighted by Gasteiger charge is 2.02. The van der Waals surface area contributed by atoms with Crippen molar-refractivity contribution in [1.82, 2.24) is 20.4 Å². The minimum atomic E-state index is 0.390. The first-order valence-corrected chi connectivity index (χ1v) is 7.50. The average Bonchev–Trinajstić information content (AvgIpc) is 2.55. The minimum absolute atomic E-state index is 0.390. The van der Waals surface area contributed by atoms with Gasteiger partial charge in [-0.2, -0.15) is 5.10 Å². The van der Waals surface area contributed by atoms with E-state index < -0.39 is 0 Å². The smallest absolute Gasteiger partial charge is 0.165 e. The Morgan fingerprint density at radius 1 is 1.00 bits per heavy atom. The van der Waals surface area contributed by atoms with Crippen LogP contribution in [0, 0.1) is 0 Å². The first-order valence-electron chi connectivity index (χ1n) is 6.75. The molecule has 9 heteroatoms. The van der Waals surface area contributed by atoms with E-state index in [1.54, 1.807) is 6.07 Å². The van der Waals surface area contributed by atoms with Crippen LogP contribution in [0.2, 0.25) is 10.3 Å². The molecule has 2 heterocycles. The zero-order valence-electron chi connectivity index (χ0n) is 12.5. The molecule has 0 saturated heterocycles. The molecule has 0 spiro atoms. The van der Waals surface area contributed by atoms with Crippen molar-refractivity contribution in [2.75, 3.05) is 5.43 Å². The van der Waals surface area contributed by atoms with Crippen molar-refractivity contribution < 1.29 is 0 Å². The van der Waals surface area contributed by atoms with Crippen LogP contribution in [0.4, 0.5) is 5.82 Å². The largest absolute Gasteiger partial charge is 0.325 e. The monoisotopic (exact) mass is 343 g/mol. The number of anilines is 1. The highest BCUT2D eigenvalue weighted by atomic mass is 35.5. The van der Waals surface area contributed by atoms with Gasteiger partial charge in [0.25, 0.3) is 0 Å². The standard InChI is InChI=1S/C7H10ClN3.C6H9ClN4/c1-2-5-3-6(4-9)10-11-7(5)8;1-2-4-3-5(7)10-11-6(4)9-8/h3H,2,4,9H2,1H3;3H,2,8H2,1H3,(H,9,11). The Kier molecular flexibility index (Phi) is 7.97. The number of aryl methyl sites for hydroxylation is 2. The van der Waals surface area contributed by atoms with E-state index in [4.69, 9.17) is 34.8 Å². The Balaban J connectivity index is 0.000000220. The highest BCUT2D eigenvalue weighted by molar-refractivity contribution is 6.30. The zero-order chi connectivity index (χ0) is 16.5. The first kappa shape index (κ1) is 18.5. The third kappa shape index (κ3) is 5.34. The number of nitrogens with one attached hydrogen (secondary N) is 1. The summed E-state index contributed by atoms with van der Waals surface area (Å²) in [5, 5.41) is 15.8. The molecule has 22 heavy (non-hydrogen) atoms. The van der Waals surface area contributed by atoms with E-state index in [9.17, 15) is 0 Å². The molecule has 0 aliphatic carbocycles. The lowest BCUT2D eigenvalue weighted by Gasteiger charge is -2.03. The van der Waals surface area contributed by atoms with Crippen LogP contribution < -0.4 is 17.0 Å². The fourth-order valence-corrected chi connectivity index (χ4v) is 2.00. The number of hydrogen-bond donors (Lipinski definition) is 3. The number of hydrazine groups is 1. The van der Waals surface area contributed by atoms with Gasteiger partial charge < -0.3 is 11.2 Å². The van der Waals surface area contributed by atoms with Gasteiger partial charge in [0.1, 0.15) is 0 Å². The number of nitrogens with two attached hydrogens (primary N) is 2. The fourth-order valence-electron chi connectivity index (χ4n) is 1.60. The molecule has 5 N–H and O–H groups in total. The summed E-state index contributed by atoms with van der Waals surface area (Å²) >= 11 is 11.3. The number of rotatable bonds is 4. The molecule has 0 aliphatic heterocycles. The summed E-state index contributed by atoms with van der Waals surface area (Å²) in [4.78, 5) is 0. The molecule has 7 nitrogen and oxygen atoms in total. The van der Waals surface area contributed by atoms with E-state index in [0.717, 1.165) is 29.7 Å². The summed E-state index contributed by atoms with van der Waals surface area (Å²) in [6.45, 7) is 4.43. The summed E-state index contributed by atoms with van der Waals surface area (Å²) in [7, 11) is 0. The van der Waals surface area contributed by atoms with Gasteiger partial charge >= 0.3 is 0 Å². The molecule has 0 aliphatic rings. The van der Waals surface area contributed by atoms with Gasteiger partial charge in [-0.05, 0) is 30.5 Å². The van der Waals surface area contributed by atoms with Crippen molar-refractivity contribution in [2.24, 2.45) is 11.6 Å². The number of nitrogens with zero attached hydrogens (tertiary/aromatic N) is 4. The molecule has 2 aromatic rings. The van der Waals surface area contributed by atoms with E-state index in [0.29, 0.717) is 22.7 Å². The first-order chi connectivity index (χ1) is 10.5. The second-order valence-electron chi connectivity index (χ2n) is 4.25. The van der Waals surface area contributed by atoms with Crippen LogP contribution >= 0.6 is 23.2 Å². The second-order valence-corrected chi connectivity index (χ2v) is 4.99. The summed E-state index contributed by atoms with van der Waals surface area (Å²) in [6.07, 6.45) is 1.69. The molecule has 0 fully saturated rings. The fraction of sp³-hybridized carbons (Fsp3) is 0.385. The molecule has 0 aromatic carbocycles. The minimum Gasteiger partial charge on any atom is -0.325 e. The Morgan fingerprint density at radius 2 is 1.68 bits per heavy atom. The van der Waals surface area contributed by atoms with Crippen LogP contribution in [-0.4, -0.2) is 20.4 Å². The van der Waals surface area contributed by atoms with Gasteiger partial charge in [-0.1, -0.05) is 37.0 Å². The lowest BCUT2D eigenvalue weighted by atomic mass is 10.2. The highest BCUT2D eigenvalue weighted by Crippen LogP contribution is 2.14. The molecule has 2 rings (SSSR count). The van der Waals surface area contributed by atoms with Gasteiger partial charge in [0.2, 0.25) is 0 Å². The van der Waals surface area contributed by atoms with Crippen molar-refractivity contribution in [3.63, 3.8) is 0 Å². The van der Waals surface area contributed by atoms with Gasteiger partial charge in [-0.25, -0.2) is 5.84 Å². The maximum Gasteiger partial charge on any atom is 0.165 e. The van der Waals surface area contributed by atoms with Gasteiger partial charge in [0, 0.05) is 12.1 Å². The maximum atomic E-state index is 5.74. The number of halogens is 2. The second kappa shape index (κ2) is 9.47. The Labute approximate surface area is 139 Å². The van der Waals surface area contributed by atoms with Gasteiger partial charge in [-0.3, -0.25) is 0 Å². The number of aromatic nitrogens is 4. The van der Waals surface area contributed by atoms with E-state index >= 15 is 0 Å². The SMILES string of the molecule is CCc1cc(CN)nnc1Cl.CCc1cc(Cl)nnc1NN. The van der Waals surface area contributed by atoms with E-state index in [2.05, 4.69) is 25.8 Å². The van der Waals surface area contributed by atoms with Crippen LogP contribution in [0.25, 0.3) is 0 Å². The predicted molar refractivity (Wildman–Crippen MR) is 88.5 cm³/mol. The molecule has 0 atom stereocenters. The third-order valence-corrected chi connectivity index (χ3v) is 3.33. The normalized spacial score (nSPS) is 9.91. The third-order valence-electron chi connectivity index (χ3n) is 2.82. The number of hydrogen-bond acceptors (Lipinski definition) is 7. The lowest BCUT2D eigenvalue weighted by molar-refractivity contribution is 0.878. The summed E-state index contributed by atoms with van der Waals surface area (Å²) in [5.41, 5.74) is 10.6. The Morgan fingerprint density at radius 3 is 2.23 bits per heavy atom.